The molecule has 170 valence electrons. The van der Waals surface area contributed by atoms with Crippen LogP contribution in [0.1, 0.15) is 112 Å². The lowest BCUT2D eigenvalue weighted by Crippen LogP contribution is -2.32. The lowest BCUT2D eigenvalue weighted by atomic mass is 9.76. The molecule has 0 unspecified atom stereocenters. The summed E-state index contributed by atoms with van der Waals surface area (Å²) in [4.78, 5) is 11.5. The third-order valence-electron chi connectivity index (χ3n) is 2.03. The highest BCUT2D eigenvalue weighted by Gasteiger charge is 2.31. The van der Waals surface area contributed by atoms with Crippen LogP contribution in [0.4, 0.5) is 0 Å². The molecule has 0 fully saturated rings. The van der Waals surface area contributed by atoms with Crippen molar-refractivity contribution in [2.75, 3.05) is 0 Å². The fourth-order valence-electron chi connectivity index (χ4n) is 1.51. The monoisotopic (exact) mass is 396 g/mol. The first-order chi connectivity index (χ1) is 11.2. The highest BCUT2D eigenvalue weighted by atomic mass is 16.1. The van der Waals surface area contributed by atoms with Crippen molar-refractivity contribution in [2.24, 2.45) is 21.7 Å². The second-order valence-electron chi connectivity index (χ2n) is 12.0. The number of carbonyl (C=O) groups excluding carboxylic acids is 1. The van der Waals surface area contributed by atoms with Crippen molar-refractivity contribution < 1.29 is 4.79 Å². The van der Waals surface area contributed by atoms with E-state index in [1.54, 1.807) is 0 Å². The van der Waals surface area contributed by atoms with Crippen molar-refractivity contribution in [3.05, 3.63) is 36.4 Å². The zero-order valence-electron chi connectivity index (χ0n) is 20.4. The van der Waals surface area contributed by atoms with Gasteiger partial charge in [0.05, 0.1) is 0 Å². The smallest absolute Gasteiger partial charge is 0.143 e. The van der Waals surface area contributed by atoms with Gasteiger partial charge in [-0.05, 0) is 10.8 Å². The standard InChI is InChI=1S/C9H18O.C6H6.2C5H12.2CH4/c1-8(2,3)7(10)9(4,5)6;1-2-4-6-5-3-1;2*1-5(2,3)4;;/h1-6H3;1-6H;2*1-4H3;2*1H4. The molecule has 0 amide bonds. The van der Waals surface area contributed by atoms with Gasteiger partial charge >= 0.3 is 0 Å². The maximum atomic E-state index is 11.5. The van der Waals surface area contributed by atoms with Crippen LogP contribution >= 0.6 is 0 Å². The Labute approximate surface area is 180 Å². The highest BCUT2D eigenvalue weighted by Crippen LogP contribution is 2.27. The molecule has 1 aromatic rings. The molecule has 0 aliphatic carbocycles. The summed E-state index contributed by atoms with van der Waals surface area (Å²) >= 11 is 0. The number of Topliss-reactive ketones (excluding diaryl/α,β-unsaturated/α-hetero) is 1. The van der Waals surface area contributed by atoms with Crippen molar-refractivity contribution >= 4 is 5.78 Å². The molecular weight excluding hydrogens is 340 g/mol. The normalized spacial score (nSPS) is 10.8. The highest BCUT2D eigenvalue weighted by molar-refractivity contribution is 5.88. The van der Waals surface area contributed by atoms with E-state index in [-0.39, 0.29) is 25.7 Å². The average Bonchev–Trinajstić information content (AvgIpc) is 2.34. The van der Waals surface area contributed by atoms with E-state index in [4.69, 9.17) is 0 Å². The van der Waals surface area contributed by atoms with Crippen molar-refractivity contribution in [1.82, 2.24) is 0 Å². The Hall–Kier alpha value is -1.11. The minimum Gasteiger partial charge on any atom is -0.299 e. The van der Waals surface area contributed by atoms with E-state index in [2.05, 4.69) is 55.4 Å². The molecule has 0 saturated carbocycles. The fraction of sp³-hybridized carbons (Fsp3) is 0.741. The molecule has 0 bridgehead atoms. The van der Waals surface area contributed by atoms with E-state index in [9.17, 15) is 4.79 Å². The molecule has 1 heteroatoms. The number of hydrogen-bond donors (Lipinski definition) is 0. The number of ketones is 1. The Morgan fingerprint density at radius 3 is 0.571 bits per heavy atom. The molecule has 0 aliphatic rings. The molecule has 0 saturated heterocycles. The Morgan fingerprint density at radius 2 is 0.536 bits per heavy atom. The number of benzene rings is 1. The molecule has 28 heavy (non-hydrogen) atoms. The third kappa shape index (κ3) is 49.8. The largest absolute Gasteiger partial charge is 0.299 e. The van der Waals surface area contributed by atoms with Crippen LogP contribution in [-0.2, 0) is 4.79 Å². The van der Waals surface area contributed by atoms with Gasteiger partial charge in [0.25, 0.3) is 0 Å². The summed E-state index contributed by atoms with van der Waals surface area (Å²) < 4.78 is 0. The molecule has 0 atom stereocenters. The SMILES string of the molecule is C.C.CC(C)(C)C.CC(C)(C)C.CC(C)(C)C(=O)C(C)(C)C.c1ccccc1. The maximum absolute atomic E-state index is 11.5. The average molecular weight is 397 g/mol. The summed E-state index contributed by atoms with van der Waals surface area (Å²) in [6.07, 6.45) is 0. The molecule has 0 N–H and O–H groups in total. The fourth-order valence-corrected chi connectivity index (χ4v) is 1.51. The van der Waals surface area contributed by atoms with Crippen molar-refractivity contribution in [3.63, 3.8) is 0 Å². The lowest BCUT2D eigenvalue weighted by molar-refractivity contribution is -0.134. The Morgan fingerprint density at radius 1 is 0.429 bits per heavy atom. The van der Waals surface area contributed by atoms with Gasteiger partial charge < -0.3 is 0 Å². The second kappa shape index (κ2) is 15.8. The lowest BCUT2D eigenvalue weighted by Gasteiger charge is -2.26. The second-order valence-corrected chi connectivity index (χ2v) is 12.0. The number of carbonyl (C=O) groups is 1. The summed E-state index contributed by atoms with van der Waals surface area (Å²) in [7, 11) is 0. The van der Waals surface area contributed by atoms with Crippen LogP contribution in [0.3, 0.4) is 0 Å². The molecule has 1 nitrogen and oxygen atoms in total. The zero-order chi connectivity index (χ0) is 21.8. The van der Waals surface area contributed by atoms with Crippen LogP contribution in [-0.4, -0.2) is 5.78 Å². The van der Waals surface area contributed by atoms with Gasteiger partial charge in [-0.25, -0.2) is 0 Å². The predicted molar refractivity (Wildman–Crippen MR) is 134 cm³/mol. The van der Waals surface area contributed by atoms with Gasteiger partial charge in [-0.1, -0.05) is 148 Å². The number of hydrogen-bond acceptors (Lipinski definition) is 1. The molecule has 1 rings (SSSR count). The Bertz CT molecular complexity index is 376. The van der Waals surface area contributed by atoms with Crippen molar-refractivity contribution in [2.45, 2.75) is 112 Å². The maximum Gasteiger partial charge on any atom is 0.143 e. The van der Waals surface area contributed by atoms with E-state index in [0.29, 0.717) is 16.6 Å². The Kier molecular flexibility index (Phi) is 21.2. The van der Waals surface area contributed by atoms with Crippen LogP contribution in [0.25, 0.3) is 0 Å². The molecule has 0 aromatic heterocycles. The summed E-state index contributed by atoms with van der Waals surface area (Å²) in [5, 5.41) is 0. The van der Waals surface area contributed by atoms with E-state index in [1.165, 1.54) is 0 Å². The predicted octanol–water partition coefficient (Wildman–Crippen LogP) is 9.71. The van der Waals surface area contributed by atoms with Gasteiger partial charge in [-0.15, -0.1) is 0 Å². The molecule has 0 radical (unpaired) electrons. The zero-order valence-corrected chi connectivity index (χ0v) is 20.4. The van der Waals surface area contributed by atoms with E-state index >= 15 is 0 Å². The van der Waals surface area contributed by atoms with Gasteiger partial charge in [0.15, 0.2) is 0 Å². The molecule has 0 spiro atoms. The van der Waals surface area contributed by atoms with Gasteiger partial charge in [0.1, 0.15) is 5.78 Å². The van der Waals surface area contributed by atoms with Crippen LogP contribution < -0.4 is 0 Å². The topological polar surface area (TPSA) is 17.1 Å². The van der Waals surface area contributed by atoms with Gasteiger partial charge in [-0.3, -0.25) is 4.79 Å². The quantitative estimate of drug-likeness (QED) is 0.426. The summed E-state index contributed by atoms with van der Waals surface area (Å²) in [6, 6.07) is 12.0. The van der Waals surface area contributed by atoms with Crippen LogP contribution in [0.2, 0.25) is 0 Å². The van der Waals surface area contributed by atoms with Crippen LogP contribution in [0.5, 0.6) is 0 Å². The third-order valence-corrected chi connectivity index (χ3v) is 2.03. The van der Waals surface area contributed by atoms with Crippen molar-refractivity contribution in [1.29, 1.82) is 0 Å². The minimum atomic E-state index is -0.196. The molecule has 0 heterocycles. The van der Waals surface area contributed by atoms with Crippen LogP contribution in [0, 0.1) is 21.7 Å². The first-order valence-corrected chi connectivity index (χ1v) is 9.70. The van der Waals surface area contributed by atoms with Gasteiger partial charge in [0, 0.05) is 10.8 Å². The number of rotatable bonds is 0. The van der Waals surface area contributed by atoms with Gasteiger partial charge in [0.2, 0.25) is 0 Å². The molecule has 0 aliphatic heterocycles. The molecular formula is C27H56O. The van der Waals surface area contributed by atoms with E-state index in [0.717, 1.165) is 0 Å². The minimum absolute atomic E-state index is 0. The van der Waals surface area contributed by atoms with Crippen LogP contribution in [0.15, 0.2) is 36.4 Å². The summed E-state index contributed by atoms with van der Waals surface area (Å²) in [6.45, 7) is 29.3. The van der Waals surface area contributed by atoms with Gasteiger partial charge in [-0.2, -0.15) is 0 Å². The first kappa shape index (κ1) is 37.6. The van der Waals surface area contributed by atoms with Crippen molar-refractivity contribution in [3.8, 4) is 0 Å². The Balaban J connectivity index is -0.0000000859. The summed E-state index contributed by atoms with van der Waals surface area (Å²) in [5.41, 5.74) is 0.608. The molecule has 1 aromatic carbocycles. The first-order valence-electron chi connectivity index (χ1n) is 9.70. The summed E-state index contributed by atoms with van der Waals surface area (Å²) in [5.74, 6) is 0.319. The van der Waals surface area contributed by atoms with E-state index < -0.39 is 0 Å². The van der Waals surface area contributed by atoms with E-state index in [1.807, 2.05) is 77.9 Å².